The van der Waals surface area contributed by atoms with Crippen LogP contribution in [0.15, 0.2) is 48.9 Å². The molecule has 0 bridgehead atoms. The highest BCUT2D eigenvalue weighted by Crippen LogP contribution is 2.18. The highest BCUT2D eigenvalue weighted by Gasteiger charge is 2.25. The van der Waals surface area contributed by atoms with Gasteiger partial charge >= 0.3 is 0 Å². The van der Waals surface area contributed by atoms with Crippen LogP contribution in [0.1, 0.15) is 33.5 Å². The quantitative estimate of drug-likeness (QED) is 0.691. The first-order valence-electron chi connectivity index (χ1n) is 7.44. The van der Waals surface area contributed by atoms with Gasteiger partial charge in [0.1, 0.15) is 5.82 Å². The standard InChI is InChI=1S/C18H15N5O/c1-12-9-13(2)22-18(21-12)15(10-19)17(24)14-5-6-16(20-11-14)23-7-3-4-8-23/h3-9,11,15H,1-2H3/t15-/m0/s1. The van der Waals surface area contributed by atoms with Gasteiger partial charge in [-0.25, -0.2) is 15.0 Å². The third-order valence-electron chi connectivity index (χ3n) is 3.55. The molecule has 24 heavy (non-hydrogen) atoms. The molecule has 0 radical (unpaired) electrons. The van der Waals surface area contributed by atoms with Crippen LogP contribution in [0.2, 0.25) is 0 Å². The van der Waals surface area contributed by atoms with Gasteiger partial charge in [0.25, 0.3) is 0 Å². The molecule has 3 aromatic heterocycles. The van der Waals surface area contributed by atoms with E-state index in [-0.39, 0.29) is 11.6 Å². The van der Waals surface area contributed by atoms with Crippen molar-refractivity contribution in [1.29, 1.82) is 5.26 Å². The summed E-state index contributed by atoms with van der Waals surface area (Å²) in [7, 11) is 0. The molecule has 0 fully saturated rings. The average molecular weight is 317 g/mol. The monoisotopic (exact) mass is 317 g/mol. The van der Waals surface area contributed by atoms with Crippen molar-refractivity contribution in [3.8, 4) is 11.9 Å². The number of carbonyl (C=O) groups is 1. The predicted octanol–water partition coefficient (Wildman–Crippen LogP) is 2.77. The van der Waals surface area contributed by atoms with Crippen LogP contribution in [-0.2, 0) is 0 Å². The van der Waals surface area contributed by atoms with E-state index in [4.69, 9.17) is 0 Å². The summed E-state index contributed by atoms with van der Waals surface area (Å²) in [6, 6.07) is 11.0. The fourth-order valence-electron chi connectivity index (χ4n) is 2.45. The second kappa shape index (κ2) is 6.42. The summed E-state index contributed by atoms with van der Waals surface area (Å²) in [6.45, 7) is 3.62. The predicted molar refractivity (Wildman–Crippen MR) is 87.8 cm³/mol. The van der Waals surface area contributed by atoms with Gasteiger partial charge < -0.3 is 4.57 Å². The first-order valence-corrected chi connectivity index (χ1v) is 7.44. The number of rotatable bonds is 4. The first kappa shape index (κ1) is 15.6. The number of nitrogens with zero attached hydrogens (tertiary/aromatic N) is 5. The zero-order valence-corrected chi connectivity index (χ0v) is 13.3. The number of aryl methyl sites for hydroxylation is 2. The summed E-state index contributed by atoms with van der Waals surface area (Å²) >= 11 is 0. The van der Waals surface area contributed by atoms with E-state index in [1.807, 2.05) is 49.0 Å². The van der Waals surface area contributed by atoms with Crippen molar-refractivity contribution in [2.24, 2.45) is 0 Å². The number of hydrogen-bond acceptors (Lipinski definition) is 5. The Balaban J connectivity index is 1.90. The molecule has 3 heterocycles. The van der Waals surface area contributed by atoms with Crippen molar-refractivity contribution in [3.05, 3.63) is 71.7 Å². The molecular weight excluding hydrogens is 302 g/mol. The highest BCUT2D eigenvalue weighted by molar-refractivity contribution is 6.02. The van der Waals surface area contributed by atoms with Gasteiger partial charge in [-0.15, -0.1) is 0 Å². The van der Waals surface area contributed by atoms with Gasteiger partial charge in [-0.1, -0.05) is 0 Å². The van der Waals surface area contributed by atoms with E-state index in [2.05, 4.69) is 15.0 Å². The van der Waals surface area contributed by atoms with Crippen molar-refractivity contribution in [2.45, 2.75) is 19.8 Å². The lowest BCUT2D eigenvalue weighted by Gasteiger charge is -2.09. The molecule has 0 aromatic carbocycles. The molecule has 3 rings (SSSR count). The maximum atomic E-state index is 12.6. The van der Waals surface area contributed by atoms with Crippen LogP contribution in [0.25, 0.3) is 5.82 Å². The molecule has 0 aliphatic heterocycles. The van der Waals surface area contributed by atoms with Crippen LogP contribution < -0.4 is 0 Å². The third kappa shape index (κ3) is 3.06. The minimum absolute atomic E-state index is 0.231. The van der Waals surface area contributed by atoms with Gasteiger partial charge in [0.05, 0.1) is 6.07 Å². The molecular formula is C18H15N5O. The number of pyridine rings is 1. The molecule has 0 unspecified atom stereocenters. The van der Waals surface area contributed by atoms with E-state index < -0.39 is 5.92 Å². The molecule has 0 spiro atoms. The minimum Gasteiger partial charge on any atom is -0.309 e. The Hall–Kier alpha value is -3.33. The molecule has 6 nitrogen and oxygen atoms in total. The van der Waals surface area contributed by atoms with Crippen LogP contribution >= 0.6 is 0 Å². The van der Waals surface area contributed by atoms with Crippen molar-refractivity contribution < 1.29 is 4.79 Å². The Kier molecular flexibility index (Phi) is 4.17. The maximum Gasteiger partial charge on any atom is 0.189 e. The number of ketones is 1. The number of hydrogen-bond donors (Lipinski definition) is 0. The summed E-state index contributed by atoms with van der Waals surface area (Å²) in [6.07, 6.45) is 5.21. The van der Waals surface area contributed by atoms with E-state index in [0.717, 1.165) is 11.4 Å². The normalized spacial score (nSPS) is 11.7. The summed E-state index contributed by atoms with van der Waals surface area (Å²) in [5.41, 5.74) is 1.82. The van der Waals surface area contributed by atoms with Gasteiger partial charge in [0, 0.05) is 35.5 Å². The Morgan fingerprint density at radius 3 is 2.38 bits per heavy atom. The lowest BCUT2D eigenvalue weighted by atomic mass is 9.99. The van der Waals surface area contributed by atoms with Gasteiger partial charge in [0.15, 0.2) is 17.5 Å². The van der Waals surface area contributed by atoms with Crippen molar-refractivity contribution >= 4 is 5.78 Å². The van der Waals surface area contributed by atoms with E-state index in [0.29, 0.717) is 11.4 Å². The SMILES string of the molecule is Cc1cc(C)nc([C@@H](C#N)C(=O)c2ccc(-n3cccc3)nc2)n1. The van der Waals surface area contributed by atoms with Crippen molar-refractivity contribution in [3.63, 3.8) is 0 Å². The smallest absolute Gasteiger partial charge is 0.189 e. The second-order valence-corrected chi connectivity index (χ2v) is 5.43. The number of Topliss-reactive ketones (excluding diaryl/α,β-unsaturated/α-hetero) is 1. The molecule has 0 saturated carbocycles. The summed E-state index contributed by atoms with van der Waals surface area (Å²) in [5, 5.41) is 9.42. The lowest BCUT2D eigenvalue weighted by Crippen LogP contribution is -2.16. The third-order valence-corrected chi connectivity index (χ3v) is 3.55. The molecule has 0 aliphatic carbocycles. The molecule has 1 atom stereocenters. The fraction of sp³-hybridized carbons (Fsp3) is 0.167. The van der Waals surface area contributed by atoms with Crippen molar-refractivity contribution in [1.82, 2.24) is 19.5 Å². The Labute approximate surface area is 139 Å². The van der Waals surface area contributed by atoms with Crippen molar-refractivity contribution in [2.75, 3.05) is 0 Å². The average Bonchev–Trinajstić information content (AvgIpc) is 3.09. The molecule has 3 aromatic rings. The van der Waals surface area contributed by atoms with Crippen LogP contribution in [0.3, 0.4) is 0 Å². The van der Waals surface area contributed by atoms with E-state index in [9.17, 15) is 10.1 Å². The molecule has 6 heteroatoms. The lowest BCUT2D eigenvalue weighted by molar-refractivity contribution is 0.0976. The van der Waals surface area contributed by atoms with Gasteiger partial charge in [-0.05, 0) is 44.2 Å². The Morgan fingerprint density at radius 1 is 1.17 bits per heavy atom. The fourth-order valence-corrected chi connectivity index (χ4v) is 2.45. The Morgan fingerprint density at radius 2 is 1.83 bits per heavy atom. The van der Waals surface area contributed by atoms with E-state index in [1.54, 1.807) is 18.2 Å². The first-order chi connectivity index (χ1) is 11.6. The summed E-state index contributed by atoms with van der Waals surface area (Å²) in [5.74, 6) is -0.459. The van der Waals surface area contributed by atoms with Crippen LogP contribution in [0.4, 0.5) is 0 Å². The largest absolute Gasteiger partial charge is 0.309 e. The molecule has 0 amide bonds. The highest BCUT2D eigenvalue weighted by atomic mass is 16.1. The minimum atomic E-state index is -1.04. The van der Waals surface area contributed by atoms with Gasteiger partial charge in [-0.2, -0.15) is 5.26 Å². The van der Waals surface area contributed by atoms with Crippen LogP contribution in [0.5, 0.6) is 0 Å². The summed E-state index contributed by atoms with van der Waals surface area (Å²) < 4.78 is 1.84. The zero-order chi connectivity index (χ0) is 17.1. The topological polar surface area (TPSA) is 84.5 Å². The van der Waals surface area contributed by atoms with E-state index >= 15 is 0 Å². The number of carbonyl (C=O) groups excluding carboxylic acids is 1. The van der Waals surface area contributed by atoms with Gasteiger partial charge in [0.2, 0.25) is 0 Å². The number of nitriles is 1. The van der Waals surface area contributed by atoms with Crippen LogP contribution in [0, 0.1) is 25.2 Å². The number of aromatic nitrogens is 4. The molecule has 0 aliphatic rings. The summed E-state index contributed by atoms with van der Waals surface area (Å²) in [4.78, 5) is 25.4. The van der Waals surface area contributed by atoms with E-state index in [1.165, 1.54) is 6.20 Å². The Bertz CT molecular complexity index is 887. The molecule has 118 valence electrons. The molecule has 0 saturated heterocycles. The van der Waals surface area contributed by atoms with Crippen LogP contribution in [-0.4, -0.2) is 25.3 Å². The second-order valence-electron chi connectivity index (χ2n) is 5.43. The van der Waals surface area contributed by atoms with Gasteiger partial charge in [-0.3, -0.25) is 4.79 Å². The molecule has 0 N–H and O–H groups in total. The zero-order valence-electron chi connectivity index (χ0n) is 13.3. The maximum absolute atomic E-state index is 12.6.